The summed E-state index contributed by atoms with van der Waals surface area (Å²) < 4.78 is 89.5. The van der Waals surface area contributed by atoms with E-state index in [0.717, 1.165) is 6.20 Å². The van der Waals surface area contributed by atoms with Crippen LogP contribution in [0.4, 0.5) is 52.6 Å². The molecule has 0 radical (unpaired) electrons. The van der Waals surface area contributed by atoms with Gasteiger partial charge in [-0.3, -0.25) is 4.79 Å². The normalized spacial score (nSPS) is 11.6. The number of amides is 3. The molecule has 0 atom stereocenters. The van der Waals surface area contributed by atoms with Crippen LogP contribution in [0, 0.1) is 5.82 Å². The smallest absolute Gasteiger partial charge is 0.378 e. The number of hydrogen-bond donors (Lipinski definition) is 4. The lowest BCUT2D eigenvalue weighted by molar-refractivity contribution is -0.201. The van der Waals surface area contributed by atoms with E-state index in [1.807, 2.05) is 5.32 Å². The van der Waals surface area contributed by atoms with E-state index in [0.29, 0.717) is 23.8 Å². The Morgan fingerprint density at radius 2 is 1.68 bits per heavy atom. The Bertz CT molecular complexity index is 1370. The lowest BCUT2D eigenvalue weighted by atomic mass is 10.2. The SMILES string of the molecule is NC(=O)c1nn(OC(=O)C(F)(F)F)cc1NCc1cccc(NC(=O)Nc2cc(C(F)(F)F)ccc2F)c1. The number of primary amides is 1. The molecule has 2 aromatic carbocycles. The number of benzene rings is 2. The number of anilines is 3. The molecular weight excluding hydrogens is 533 g/mol. The van der Waals surface area contributed by atoms with Crippen LogP contribution in [0.25, 0.3) is 0 Å². The summed E-state index contributed by atoms with van der Waals surface area (Å²) in [4.78, 5) is 38.8. The molecule has 0 unspecified atom stereocenters. The van der Waals surface area contributed by atoms with Gasteiger partial charge in [-0.2, -0.15) is 26.3 Å². The highest BCUT2D eigenvalue weighted by atomic mass is 19.4. The first-order valence-electron chi connectivity index (χ1n) is 10.1. The van der Waals surface area contributed by atoms with Gasteiger partial charge in [-0.15, -0.1) is 5.10 Å². The molecule has 5 N–H and O–H groups in total. The van der Waals surface area contributed by atoms with Crippen molar-refractivity contribution in [3.8, 4) is 0 Å². The van der Waals surface area contributed by atoms with Gasteiger partial charge in [0.15, 0.2) is 5.69 Å². The van der Waals surface area contributed by atoms with Crippen LogP contribution in [0.5, 0.6) is 0 Å². The van der Waals surface area contributed by atoms with Gasteiger partial charge in [0.05, 0.1) is 23.1 Å². The Kier molecular flexibility index (Phi) is 7.78. The van der Waals surface area contributed by atoms with Gasteiger partial charge in [0, 0.05) is 12.2 Å². The summed E-state index contributed by atoms with van der Waals surface area (Å²) in [5, 5.41) is 10.3. The van der Waals surface area contributed by atoms with Gasteiger partial charge in [-0.25, -0.2) is 14.0 Å². The van der Waals surface area contributed by atoms with Gasteiger partial charge in [-0.1, -0.05) is 17.0 Å². The van der Waals surface area contributed by atoms with Gasteiger partial charge in [0.1, 0.15) is 5.82 Å². The lowest BCUT2D eigenvalue weighted by Crippen LogP contribution is -2.33. The second-order valence-electron chi connectivity index (χ2n) is 7.36. The molecule has 0 aliphatic rings. The summed E-state index contributed by atoms with van der Waals surface area (Å²) >= 11 is 0. The van der Waals surface area contributed by atoms with Crippen LogP contribution in [-0.4, -0.2) is 34.0 Å². The van der Waals surface area contributed by atoms with E-state index in [9.17, 15) is 45.1 Å². The molecule has 202 valence electrons. The summed E-state index contributed by atoms with van der Waals surface area (Å²) in [5.74, 6) is -4.84. The Labute approximate surface area is 207 Å². The maximum absolute atomic E-state index is 13.9. The molecule has 0 aliphatic heterocycles. The molecule has 1 aromatic heterocycles. The van der Waals surface area contributed by atoms with Gasteiger partial charge in [0.25, 0.3) is 5.91 Å². The number of nitrogens with two attached hydrogens (primary N) is 1. The molecule has 38 heavy (non-hydrogen) atoms. The third-order valence-electron chi connectivity index (χ3n) is 4.54. The maximum Gasteiger partial charge on any atom is 0.493 e. The van der Waals surface area contributed by atoms with Gasteiger partial charge >= 0.3 is 24.4 Å². The molecule has 3 aromatic rings. The molecule has 0 spiro atoms. The summed E-state index contributed by atoms with van der Waals surface area (Å²) in [5.41, 5.74) is 3.06. The highest BCUT2D eigenvalue weighted by molar-refractivity contribution is 6.00. The zero-order valence-electron chi connectivity index (χ0n) is 18.6. The molecule has 0 aliphatic carbocycles. The highest BCUT2D eigenvalue weighted by Crippen LogP contribution is 2.32. The van der Waals surface area contributed by atoms with Crippen LogP contribution in [0.1, 0.15) is 21.6 Å². The molecule has 0 fully saturated rings. The lowest BCUT2D eigenvalue weighted by Gasteiger charge is -2.12. The molecule has 0 saturated carbocycles. The van der Waals surface area contributed by atoms with Crippen molar-refractivity contribution in [1.29, 1.82) is 0 Å². The zero-order valence-corrected chi connectivity index (χ0v) is 18.6. The van der Waals surface area contributed by atoms with Crippen LogP contribution >= 0.6 is 0 Å². The van der Waals surface area contributed by atoms with Crippen LogP contribution in [0.2, 0.25) is 0 Å². The minimum atomic E-state index is -5.32. The fraction of sp³-hybridized carbons (Fsp3) is 0.143. The topological polar surface area (TPSA) is 140 Å². The third-order valence-corrected chi connectivity index (χ3v) is 4.54. The van der Waals surface area contributed by atoms with Gasteiger partial charge in [-0.05, 0) is 35.9 Å². The summed E-state index contributed by atoms with van der Waals surface area (Å²) in [7, 11) is 0. The van der Waals surface area contributed by atoms with E-state index in [1.165, 1.54) is 24.3 Å². The number of carbonyl (C=O) groups excluding carboxylic acids is 3. The van der Waals surface area contributed by atoms with Crippen LogP contribution < -0.4 is 26.5 Å². The molecule has 10 nitrogen and oxygen atoms in total. The van der Waals surface area contributed by atoms with Crippen molar-refractivity contribution in [3.05, 3.63) is 71.3 Å². The predicted octanol–water partition coefficient (Wildman–Crippen LogP) is 3.91. The van der Waals surface area contributed by atoms with Crippen LogP contribution in [0.3, 0.4) is 0 Å². The predicted molar refractivity (Wildman–Crippen MR) is 116 cm³/mol. The van der Waals surface area contributed by atoms with E-state index >= 15 is 0 Å². The fourth-order valence-corrected chi connectivity index (χ4v) is 2.89. The molecular formula is C21H15F7N6O4. The average Bonchev–Trinajstić information content (AvgIpc) is 3.21. The number of halogens is 7. The fourth-order valence-electron chi connectivity index (χ4n) is 2.89. The van der Waals surface area contributed by atoms with E-state index in [-0.39, 0.29) is 22.8 Å². The second kappa shape index (κ2) is 10.7. The number of alkyl halides is 6. The first kappa shape index (κ1) is 27.8. The Morgan fingerprint density at radius 3 is 2.32 bits per heavy atom. The Morgan fingerprint density at radius 1 is 0.974 bits per heavy atom. The number of urea groups is 1. The minimum absolute atomic E-state index is 0.105. The number of nitrogens with zero attached hydrogens (tertiary/aromatic N) is 2. The number of hydrogen-bond acceptors (Lipinski definition) is 6. The monoisotopic (exact) mass is 548 g/mol. The first-order chi connectivity index (χ1) is 17.6. The van der Waals surface area contributed by atoms with Crippen molar-refractivity contribution < 1.29 is 50.0 Å². The maximum atomic E-state index is 13.9. The molecule has 3 rings (SSSR count). The number of carbonyl (C=O) groups is 3. The summed E-state index contributed by atoms with van der Waals surface area (Å²) in [6, 6.07) is 6.21. The first-order valence-corrected chi connectivity index (χ1v) is 10.1. The average molecular weight is 548 g/mol. The molecule has 17 heteroatoms. The minimum Gasteiger partial charge on any atom is -0.378 e. The molecule has 0 saturated heterocycles. The number of aromatic nitrogens is 2. The van der Waals surface area contributed by atoms with Gasteiger partial charge in [0.2, 0.25) is 0 Å². The van der Waals surface area contributed by atoms with Crippen molar-refractivity contribution >= 4 is 35.0 Å². The summed E-state index contributed by atoms with van der Waals surface area (Å²) in [6.07, 6.45) is -9.31. The Balaban J connectivity index is 1.68. The van der Waals surface area contributed by atoms with Crippen molar-refractivity contribution in [2.45, 2.75) is 18.9 Å². The van der Waals surface area contributed by atoms with Gasteiger partial charge < -0.3 is 26.5 Å². The second-order valence-corrected chi connectivity index (χ2v) is 7.36. The molecule has 0 bridgehead atoms. The standard InChI is InChI=1S/C21H15F7N6O4/c22-13-5-4-11(20(23,24)25)7-14(13)32-19(37)31-12-3-1-2-10(6-12)8-30-15-9-34(33-16(15)17(29)35)38-18(36)21(26,27)28/h1-7,9,30H,8H2,(H2,29,35)(H2,31,32,37). The van der Waals surface area contributed by atoms with Crippen LogP contribution in [0.15, 0.2) is 48.7 Å². The van der Waals surface area contributed by atoms with Crippen molar-refractivity contribution in [2.75, 3.05) is 16.0 Å². The molecule has 3 amide bonds. The quantitative estimate of drug-likeness (QED) is 0.330. The van der Waals surface area contributed by atoms with E-state index < -0.39 is 53.0 Å². The van der Waals surface area contributed by atoms with Crippen molar-refractivity contribution in [1.82, 2.24) is 9.94 Å². The third kappa shape index (κ3) is 7.11. The van der Waals surface area contributed by atoms with Crippen molar-refractivity contribution in [2.24, 2.45) is 5.73 Å². The van der Waals surface area contributed by atoms with Crippen LogP contribution in [-0.2, 0) is 17.5 Å². The number of nitrogens with one attached hydrogen (secondary N) is 3. The zero-order chi connectivity index (χ0) is 28.3. The largest absolute Gasteiger partial charge is 0.493 e. The van der Waals surface area contributed by atoms with E-state index in [4.69, 9.17) is 5.73 Å². The number of rotatable bonds is 7. The molecule has 1 heterocycles. The Hall–Kier alpha value is -4.83. The van der Waals surface area contributed by atoms with E-state index in [2.05, 4.69) is 20.6 Å². The summed E-state index contributed by atoms with van der Waals surface area (Å²) in [6.45, 7) is -0.113. The highest BCUT2D eigenvalue weighted by Gasteiger charge is 2.42. The van der Waals surface area contributed by atoms with Crippen molar-refractivity contribution in [3.63, 3.8) is 0 Å². The van der Waals surface area contributed by atoms with E-state index in [1.54, 1.807) is 0 Å².